The van der Waals surface area contributed by atoms with Crippen molar-refractivity contribution >= 4 is 11.6 Å². The third-order valence-electron chi connectivity index (χ3n) is 3.52. The minimum absolute atomic E-state index is 0.0638. The van der Waals surface area contributed by atoms with E-state index in [1.807, 2.05) is 12.1 Å². The van der Waals surface area contributed by atoms with Crippen LogP contribution in [0.2, 0.25) is 0 Å². The number of hydrogen-bond acceptors (Lipinski definition) is 2. The fourth-order valence-corrected chi connectivity index (χ4v) is 2.26. The van der Waals surface area contributed by atoms with E-state index in [1.54, 1.807) is 12.1 Å². The van der Waals surface area contributed by atoms with Crippen LogP contribution in [0.25, 0.3) is 0 Å². The van der Waals surface area contributed by atoms with Gasteiger partial charge in [-0.3, -0.25) is 4.79 Å². The fourth-order valence-electron chi connectivity index (χ4n) is 2.26. The number of para-hydroxylation sites is 1. The Morgan fingerprint density at radius 3 is 2.25 bits per heavy atom. The number of hydrogen-bond donors (Lipinski definition) is 2. The molecule has 0 atom stereocenters. The molecule has 0 aliphatic heterocycles. The van der Waals surface area contributed by atoms with Gasteiger partial charge in [0.05, 0.1) is 5.56 Å². The van der Waals surface area contributed by atoms with E-state index in [9.17, 15) is 4.79 Å². The number of nitrogens with one attached hydrogen (secondary N) is 1. The maximum atomic E-state index is 11.9. The summed E-state index contributed by atoms with van der Waals surface area (Å²) in [5, 5.41) is 2.93. The van der Waals surface area contributed by atoms with Crippen LogP contribution >= 0.6 is 0 Å². The Bertz CT molecular complexity index is 390. The lowest BCUT2D eigenvalue weighted by Crippen LogP contribution is -2.25. The van der Waals surface area contributed by atoms with E-state index in [4.69, 9.17) is 5.73 Å². The molecule has 0 aromatic heterocycles. The van der Waals surface area contributed by atoms with Crippen molar-refractivity contribution in [3.63, 3.8) is 0 Å². The average Bonchev–Trinajstić information content (AvgIpc) is 2.46. The number of unbranched alkanes of at least 4 members (excludes halogenated alkanes) is 7. The molecule has 0 spiro atoms. The molecule has 0 heterocycles. The van der Waals surface area contributed by atoms with Crippen molar-refractivity contribution in [2.45, 2.75) is 58.3 Å². The van der Waals surface area contributed by atoms with Crippen LogP contribution in [0.5, 0.6) is 0 Å². The van der Waals surface area contributed by atoms with Gasteiger partial charge in [-0.15, -0.1) is 0 Å². The summed E-state index contributed by atoms with van der Waals surface area (Å²) in [6.07, 6.45) is 10.2. The van der Waals surface area contributed by atoms with Gasteiger partial charge in [-0.1, -0.05) is 64.0 Å². The van der Waals surface area contributed by atoms with Gasteiger partial charge in [0.2, 0.25) is 0 Å². The van der Waals surface area contributed by atoms with E-state index in [0.29, 0.717) is 11.3 Å². The molecule has 0 bridgehead atoms. The van der Waals surface area contributed by atoms with E-state index >= 15 is 0 Å². The first-order valence-electron chi connectivity index (χ1n) is 7.88. The van der Waals surface area contributed by atoms with Gasteiger partial charge >= 0.3 is 0 Å². The summed E-state index contributed by atoms with van der Waals surface area (Å²) in [5.74, 6) is -0.0638. The number of carbonyl (C=O) groups excluding carboxylic acids is 1. The molecule has 112 valence electrons. The molecule has 0 fully saturated rings. The average molecular weight is 276 g/mol. The minimum Gasteiger partial charge on any atom is -0.398 e. The zero-order valence-electron chi connectivity index (χ0n) is 12.7. The lowest BCUT2D eigenvalue weighted by Gasteiger charge is -2.07. The normalized spacial score (nSPS) is 10.4. The Morgan fingerprint density at radius 1 is 1.00 bits per heavy atom. The Labute approximate surface area is 122 Å². The Morgan fingerprint density at radius 2 is 1.60 bits per heavy atom. The number of rotatable bonds is 10. The van der Waals surface area contributed by atoms with E-state index in [-0.39, 0.29) is 5.91 Å². The zero-order chi connectivity index (χ0) is 14.6. The van der Waals surface area contributed by atoms with Crippen molar-refractivity contribution in [1.82, 2.24) is 5.32 Å². The van der Waals surface area contributed by atoms with Crippen molar-refractivity contribution in [3.05, 3.63) is 29.8 Å². The molecule has 0 aliphatic carbocycles. The molecular formula is C17H28N2O. The number of nitrogen functional groups attached to an aromatic ring is 1. The van der Waals surface area contributed by atoms with Crippen LogP contribution < -0.4 is 11.1 Å². The van der Waals surface area contributed by atoms with Gasteiger partial charge in [0.25, 0.3) is 5.91 Å². The summed E-state index contributed by atoms with van der Waals surface area (Å²) in [4.78, 5) is 11.9. The Kier molecular flexibility index (Phi) is 8.52. The Balaban J connectivity index is 2.04. The van der Waals surface area contributed by atoms with Crippen molar-refractivity contribution in [3.8, 4) is 0 Å². The highest BCUT2D eigenvalue weighted by Crippen LogP contribution is 2.10. The van der Waals surface area contributed by atoms with Crippen LogP contribution in [-0.2, 0) is 0 Å². The topological polar surface area (TPSA) is 55.1 Å². The summed E-state index contributed by atoms with van der Waals surface area (Å²) < 4.78 is 0. The second kappa shape index (κ2) is 10.3. The smallest absolute Gasteiger partial charge is 0.253 e. The lowest BCUT2D eigenvalue weighted by atomic mass is 10.1. The van der Waals surface area contributed by atoms with Crippen molar-refractivity contribution in [2.24, 2.45) is 0 Å². The standard InChI is InChI=1S/C17H28N2O/c1-2-3-4-5-6-7-8-11-14-19-17(20)15-12-9-10-13-16(15)18/h9-10,12-13H,2-8,11,14,18H2,1H3,(H,19,20). The van der Waals surface area contributed by atoms with Gasteiger partial charge in [0.15, 0.2) is 0 Å². The highest BCUT2D eigenvalue weighted by molar-refractivity contribution is 5.98. The van der Waals surface area contributed by atoms with E-state index in [2.05, 4.69) is 12.2 Å². The molecule has 1 rings (SSSR count). The van der Waals surface area contributed by atoms with Crippen LogP contribution in [0.4, 0.5) is 5.69 Å². The molecule has 3 nitrogen and oxygen atoms in total. The highest BCUT2D eigenvalue weighted by atomic mass is 16.1. The first-order chi connectivity index (χ1) is 9.75. The molecule has 1 aromatic rings. The predicted octanol–water partition coefficient (Wildman–Crippen LogP) is 4.14. The number of amides is 1. The molecule has 0 aliphatic rings. The molecule has 3 N–H and O–H groups in total. The predicted molar refractivity (Wildman–Crippen MR) is 85.8 cm³/mol. The van der Waals surface area contributed by atoms with Gasteiger partial charge in [-0.05, 0) is 18.6 Å². The maximum Gasteiger partial charge on any atom is 0.253 e. The van der Waals surface area contributed by atoms with Gasteiger partial charge in [0.1, 0.15) is 0 Å². The largest absolute Gasteiger partial charge is 0.398 e. The second-order valence-electron chi connectivity index (χ2n) is 5.32. The van der Waals surface area contributed by atoms with Gasteiger partial charge < -0.3 is 11.1 Å². The molecule has 3 heteroatoms. The molecule has 1 amide bonds. The number of benzene rings is 1. The Hall–Kier alpha value is -1.51. The summed E-state index contributed by atoms with van der Waals surface area (Å²) in [5.41, 5.74) is 6.89. The molecule has 0 saturated carbocycles. The van der Waals surface area contributed by atoms with Crippen molar-refractivity contribution < 1.29 is 4.79 Å². The van der Waals surface area contributed by atoms with Gasteiger partial charge in [0, 0.05) is 12.2 Å². The van der Waals surface area contributed by atoms with Crippen LogP contribution in [-0.4, -0.2) is 12.5 Å². The molecule has 0 radical (unpaired) electrons. The quantitative estimate of drug-likeness (QED) is 0.498. The van der Waals surface area contributed by atoms with E-state index in [0.717, 1.165) is 13.0 Å². The molecule has 0 unspecified atom stereocenters. The first kappa shape index (κ1) is 16.5. The molecule has 1 aromatic carbocycles. The second-order valence-corrected chi connectivity index (χ2v) is 5.32. The number of nitrogens with two attached hydrogens (primary N) is 1. The summed E-state index contributed by atoms with van der Waals surface area (Å²) in [6, 6.07) is 7.19. The number of anilines is 1. The van der Waals surface area contributed by atoms with Gasteiger partial charge in [-0.25, -0.2) is 0 Å². The molecular weight excluding hydrogens is 248 g/mol. The highest BCUT2D eigenvalue weighted by Gasteiger charge is 2.07. The van der Waals surface area contributed by atoms with Crippen LogP contribution in [0, 0.1) is 0 Å². The minimum atomic E-state index is -0.0638. The monoisotopic (exact) mass is 276 g/mol. The SMILES string of the molecule is CCCCCCCCCCNC(=O)c1ccccc1N. The maximum absolute atomic E-state index is 11.9. The zero-order valence-corrected chi connectivity index (χ0v) is 12.7. The summed E-state index contributed by atoms with van der Waals surface area (Å²) >= 11 is 0. The van der Waals surface area contributed by atoms with Crippen LogP contribution in [0.15, 0.2) is 24.3 Å². The lowest BCUT2D eigenvalue weighted by molar-refractivity contribution is 0.0954. The molecule has 20 heavy (non-hydrogen) atoms. The van der Waals surface area contributed by atoms with Gasteiger partial charge in [-0.2, -0.15) is 0 Å². The number of carbonyl (C=O) groups is 1. The van der Waals surface area contributed by atoms with Crippen molar-refractivity contribution in [1.29, 1.82) is 0 Å². The first-order valence-corrected chi connectivity index (χ1v) is 7.88. The molecule has 0 saturated heterocycles. The third-order valence-corrected chi connectivity index (χ3v) is 3.52. The van der Waals surface area contributed by atoms with Crippen molar-refractivity contribution in [2.75, 3.05) is 12.3 Å². The van der Waals surface area contributed by atoms with Crippen LogP contribution in [0.3, 0.4) is 0 Å². The van der Waals surface area contributed by atoms with E-state index < -0.39 is 0 Å². The van der Waals surface area contributed by atoms with E-state index in [1.165, 1.54) is 44.9 Å². The van der Waals surface area contributed by atoms with Crippen LogP contribution in [0.1, 0.15) is 68.6 Å². The summed E-state index contributed by atoms with van der Waals surface area (Å²) in [6.45, 7) is 2.98. The summed E-state index contributed by atoms with van der Waals surface area (Å²) in [7, 11) is 0. The third kappa shape index (κ3) is 6.60. The fraction of sp³-hybridized carbons (Fsp3) is 0.588.